The van der Waals surface area contributed by atoms with E-state index in [4.69, 9.17) is 0 Å². The number of hydrogen-bond donors (Lipinski definition) is 0. The fraction of sp³-hybridized carbons (Fsp3) is 0.333. The molecule has 0 spiro atoms. The van der Waals surface area contributed by atoms with Gasteiger partial charge in [-0.1, -0.05) is 269 Å². The molecular weight excluding hydrogens is 1250 g/mol. The summed E-state index contributed by atoms with van der Waals surface area (Å²) in [7, 11) is 0. The van der Waals surface area contributed by atoms with Gasteiger partial charge in [0.25, 0.3) is 0 Å². The molecule has 0 unspecified atom stereocenters. The lowest BCUT2D eigenvalue weighted by molar-refractivity contribution is 0.590. The number of anilines is 11. The molecule has 0 aliphatic rings. The van der Waals surface area contributed by atoms with E-state index in [1.54, 1.807) is 0 Å². The van der Waals surface area contributed by atoms with Gasteiger partial charge in [0.15, 0.2) is 0 Å². The number of rotatable bonds is 26. The van der Waals surface area contributed by atoms with Gasteiger partial charge in [0.1, 0.15) is 0 Å². The Balaban J connectivity index is 1.31. The average molecular weight is 1360 g/mol. The van der Waals surface area contributed by atoms with E-state index in [-0.39, 0.29) is 16.2 Å². The lowest BCUT2D eigenvalue weighted by Crippen LogP contribution is -2.21. The lowest BCUT2D eigenvalue weighted by atomic mass is 9.86. The van der Waals surface area contributed by atoms with Crippen LogP contribution in [0, 0.1) is 0 Å². The van der Waals surface area contributed by atoms with E-state index in [1.165, 1.54) is 139 Å². The third-order valence-electron chi connectivity index (χ3n) is 22.1. The molecule has 103 heavy (non-hydrogen) atoms. The molecule has 4 nitrogen and oxygen atoms in total. The monoisotopic (exact) mass is 1360 g/mol. The van der Waals surface area contributed by atoms with E-state index >= 15 is 0 Å². The third-order valence-corrected chi connectivity index (χ3v) is 22.1. The first kappa shape index (κ1) is 73.4. The summed E-state index contributed by atoms with van der Waals surface area (Å²) in [5.74, 6) is 0. The summed E-state index contributed by atoms with van der Waals surface area (Å²) in [6, 6.07) is 81.9. The van der Waals surface area contributed by atoms with Crippen molar-refractivity contribution in [1.29, 1.82) is 0 Å². The first-order chi connectivity index (χ1) is 49.6. The van der Waals surface area contributed by atoms with E-state index in [1.807, 2.05) is 0 Å². The molecule has 12 aromatic rings. The summed E-state index contributed by atoms with van der Waals surface area (Å²) in [5.41, 5.74) is 30.3. The number of nitrogens with zero attached hydrogens (tertiary/aromatic N) is 4. The minimum Gasteiger partial charge on any atom is -0.337 e. The average Bonchev–Trinajstić information content (AvgIpc) is 0.700. The van der Waals surface area contributed by atoms with Crippen molar-refractivity contribution in [3.8, 4) is 0 Å². The van der Waals surface area contributed by atoms with E-state index in [0.717, 1.165) is 105 Å². The minimum atomic E-state index is -0.0411. The molecule has 0 atom stereocenters. The minimum absolute atomic E-state index is 0.0375. The smallest absolute Gasteiger partial charge is 0.0561 e. The van der Waals surface area contributed by atoms with Gasteiger partial charge in [-0.25, -0.2) is 0 Å². The van der Waals surface area contributed by atoms with Crippen LogP contribution in [0.3, 0.4) is 0 Å². The van der Waals surface area contributed by atoms with Crippen LogP contribution in [0.1, 0.15) is 209 Å². The van der Waals surface area contributed by atoms with Gasteiger partial charge in [-0.3, -0.25) is 0 Å². The van der Waals surface area contributed by atoms with Crippen molar-refractivity contribution in [3.05, 3.63) is 291 Å². The maximum absolute atomic E-state index is 4.04. The Morgan fingerprint density at radius 3 is 0.903 bits per heavy atom. The summed E-state index contributed by atoms with van der Waals surface area (Å²) in [5, 5.41) is 7.43. The number of allylic oxidation sites excluding steroid dienone is 1. The van der Waals surface area contributed by atoms with Crippen LogP contribution in [0.25, 0.3) is 32.3 Å². The summed E-state index contributed by atoms with van der Waals surface area (Å²) < 4.78 is 0. The Kier molecular flexibility index (Phi) is 22.0. The molecule has 12 rings (SSSR count). The Labute approximate surface area is 619 Å². The Bertz CT molecular complexity index is 4700. The molecule has 4 heteroatoms. The fourth-order valence-electron chi connectivity index (χ4n) is 16.2. The second kappa shape index (κ2) is 30.9. The van der Waals surface area contributed by atoms with Gasteiger partial charge >= 0.3 is 0 Å². The Hall–Kier alpha value is -9.38. The summed E-state index contributed by atoms with van der Waals surface area (Å²) in [6.45, 7) is 44.3. The van der Waals surface area contributed by atoms with Gasteiger partial charge < -0.3 is 19.6 Å². The number of benzene rings is 12. The van der Waals surface area contributed by atoms with Gasteiger partial charge in [-0.15, -0.1) is 6.58 Å². The SMILES string of the molecule is C=CCCCCc1ccc(N(Cc2cc(N(c3ccc(C(C)(C)C)cc3)c3c(CC)cccc3CC)c3ccc4c(N(c5ccc(C(C)(C)C)cc5)c5c(CC)cccc5CC)cc(N(c5ccc(C(C)(C)C)cc5)c5c(CC)cccc5CC)c5ccc2c3c54)c2c(CC)cccc2CC)cc1. The van der Waals surface area contributed by atoms with Crippen LogP contribution in [-0.4, -0.2) is 0 Å². The van der Waals surface area contributed by atoms with Crippen LogP contribution in [0.15, 0.2) is 219 Å². The second-order valence-electron chi connectivity index (χ2n) is 31.8. The van der Waals surface area contributed by atoms with Crippen LogP contribution < -0.4 is 19.6 Å². The zero-order valence-electron chi connectivity index (χ0n) is 65.4. The zero-order chi connectivity index (χ0) is 73.1. The Morgan fingerprint density at radius 2 is 0.592 bits per heavy atom. The van der Waals surface area contributed by atoms with Gasteiger partial charge in [0.05, 0.1) is 34.1 Å². The van der Waals surface area contributed by atoms with E-state index in [2.05, 4.69) is 356 Å². The maximum atomic E-state index is 4.04. The van der Waals surface area contributed by atoms with Crippen LogP contribution in [0.2, 0.25) is 0 Å². The summed E-state index contributed by atoms with van der Waals surface area (Å²) in [6.07, 6.45) is 13.5. The van der Waals surface area contributed by atoms with Crippen molar-refractivity contribution < 1.29 is 0 Å². The molecule has 0 N–H and O–H groups in total. The first-order valence-corrected chi connectivity index (χ1v) is 39.0. The van der Waals surface area contributed by atoms with Crippen LogP contribution in [-0.2, 0) is 80.6 Å². The molecule has 0 saturated heterocycles. The highest BCUT2D eigenvalue weighted by Gasteiger charge is 2.33. The molecule has 0 bridgehead atoms. The highest BCUT2D eigenvalue weighted by atomic mass is 15.2. The van der Waals surface area contributed by atoms with Crippen molar-refractivity contribution in [3.63, 3.8) is 0 Å². The second-order valence-corrected chi connectivity index (χ2v) is 31.8. The van der Waals surface area contributed by atoms with Crippen molar-refractivity contribution in [2.45, 2.75) is 218 Å². The van der Waals surface area contributed by atoms with E-state index in [0.29, 0.717) is 6.54 Å². The quantitative estimate of drug-likeness (QED) is 0.0304. The molecule has 0 saturated carbocycles. The molecule has 0 aliphatic carbocycles. The van der Waals surface area contributed by atoms with Crippen molar-refractivity contribution in [2.75, 3.05) is 19.6 Å². The normalized spacial score (nSPS) is 12.1. The van der Waals surface area contributed by atoms with Crippen molar-refractivity contribution in [1.82, 2.24) is 0 Å². The van der Waals surface area contributed by atoms with Crippen molar-refractivity contribution in [2.24, 2.45) is 0 Å². The van der Waals surface area contributed by atoms with Gasteiger partial charge in [-0.05, 0) is 237 Å². The first-order valence-electron chi connectivity index (χ1n) is 39.0. The molecule has 0 radical (unpaired) electrons. The highest BCUT2D eigenvalue weighted by Crippen LogP contribution is 2.56. The van der Waals surface area contributed by atoms with Gasteiger partial charge in [-0.2, -0.15) is 0 Å². The molecule has 12 aromatic carbocycles. The van der Waals surface area contributed by atoms with Crippen LogP contribution in [0.4, 0.5) is 62.6 Å². The zero-order valence-corrected chi connectivity index (χ0v) is 65.4. The van der Waals surface area contributed by atoms with Gasteiger partial charge in [0.2, 0.25) is 0 Å². The van der Waals surface area contributed by atoms with E-state index < -0.39 is 0 Å². The van der Waals surface area contributed by atoms with Crippen LogP contribution in [0.5, 0.6) is 0 Å². The largest absolute Gasteiger partial charge is 0.337 e. The molecule has 530 valence electrons. The molecular formula is C99H114N4. The molecule has 0 fully saturated rings. The number of hydrogen-bond acceptors (Lipinski definition) is 4. The highest BCUT2D eigenvalue weighted by molar-refractivity contribution is 6.31. The maximum Gasteiger partial charge on any atom is 0.0561 e. The third kappa shape index (κ3) is 14.6. The molecule has 0 aliphatic heterocycles. The van der Waals surface area contributed by atoms with Crippen molar-refractivity contribution >= 4 is 94.9 Å². The fourth-order valence-corrected chi connectivity index (χ4v) is 16.2. The molecule has 0 amide bonds. The predicted octanol–water partition coefficient (Wildman–Crippen LogP) is 28.6. The standard InChI is InChI=1S/C99H114N4/c1-19-28-29-30-35-67-44-52-80(53-45-67)100(93-68(20-2)36-31-37-69(93)21-3)66-76-64-88(101(81-54-46-77(47-55-81)97(10,11)12)94-70(22-4)38-32-39-71(94)23-5)85-62-63-87-90(103(83-58-50-79(51-59-83)99(16,17)18)96-74(26-8)42-34-43-75(96)27-9)65-89(86-61-60-84(76)91(85)92(86)87)102(82-56-48-78(49-57-82)98(13,14)15)95-72(24-6)40-33-41-73(95)25-7/h19,31-34,36-65H,1,20-30,35,66H2,2-18H3. The predicted molar refractivity (Wildman–Crippen MR) is 452 cm³/mol. The van der Waals surface area contributed by atoms with Gasteiger partial charge in [0, 0.05) is 56.5 Å². The summed E-state index contributed by atoms with van der Waals surface area (Å²) in [4.78, 5) is 10.7. The number of aryl methyl sites for hydroxylation is 9. The number of para-hydroxylation sites is 4. The molecule has 0 aromatic heterocycles. The van der Waals surface area contributed by atoms with Crippen LogP contribution >= 0.6 is 0 Å². The lowest BCUT2D eigenvalue weighted by Gasteiger charge is -2.36. The topological polar surface area (TPSA) is 13.0 Å². The van der Waals surface area contributed by atoms with E-state index in [9.17, 15) is 0 Å². The number of unbranched alkanes of at least 4 members (excludes halogenated alkanes) is 2. The summed E-state index contributed by atoms with van der Waals surface area (Å²) >= 11 is 0. The Morgan fingerprint density at radius 1 is 0.301 bits per heavy atom. The molecule has 0 heterocycles.